The van der Waals surface area contributed by atoms with Crippen LogP contribution in [0, 0.1) is 5.82 Å². The molecule has 94 valence electrons. The molecule has 0 unspecified atom stereocenters. The van der Waals surface area contributed by atoms with E-state index in [-0.39, 0.29) is 5.82 Å². The van der Waals surface area contributed by atoms with E-state index in [0.29, 0.717) is 5.69 Å². The van der Waals surface area contributed by atoms with Crippen molar-refractivity contribution in [1.29, 1.82) is 0 Å². The van der Waals surface area contributed by atoms with Crippen molar-refractivity contribution in [2.45, 2.75) is 0 Å². The molecule has 1 aromatic carbocycles. The number of halogens is 1. The van der Waals surface area contributed by atoms with Gasteiger partial charge in [0, 0.05) is 16.6 Å². The maximum absolute atomic E-state index is 12.8. The summed E-state index contributed by atoms with van der Waals surface area (Å²) in [5, 5.41) is 2.72. The van der Waals surface area contributed by atoms with Crippen molar-refractivity contribution in [1.82, 2.24) is 9.97 Å². The molecule has 3 aromatic rings. The zero-order valence-electron chi connectivity index (χ0n) is 9.88. The quantitative estimate of drug-likeness (QED) is 0.725. The van der Waals surface area contributed by atoms with Crippen LogP contribution in [0.1, 0.15) is 0 Å². The standard InChI is InChI=1S/C14H10FN3S/c15-10-3-6-12(17-7-10)14-18-13(8-19-14)9-1-4-11(16)5-2-9/h1-8H,16H2. The number of thiazole rings is 1. The number of nitrogens with zero attached hydrogens (tertiary/aromatic N) is 2. The highest BCUT2D eigenvalue weighted by Gasteiger charge is 2.07. The number of anilines is 1. The number of nitrogen functional groups attached to an aromatic ring is 1. The third-order valence-corrected chi connectivity index (χ3v) is 3.52. The molecule has 0 spiro atoms. The van der Waals surface area contributed by atoms with E-state index in [2.05, 4.69) is 9.97 Å². The molecular weight excluding hydrogens is 261 g/mol. The third kappa shape index (κ3) is 2.46. The molecule has 0 radical (unpaired) electrons. The summed E-state index contributed by atoms with van der Waals surface area (Å²) >= 11 is 1.48. The van der Waals surface area contributed by atoms with Crippen molar-refractivity contribution in [3.8, 4) is 22.0 Å². The Bertz CT molecular complexity index is 629. The van der Waals surface area contributed by atoms with Gasteiger partial charge in [-0.15, -0.1) is 11.3 Å². The maximum Gasteiger partial charge on any atom is 0.142 e. The summed E-state index contributed by atoms with van der Waals surface area (Å²) in [6.45, 7) is 0. The average molecular weight is 271 g/mol. The molecule has 3 rings (SSSR count). The minimum atomic E-state index is -0.348. The predicted octanol–water partition coefficient (Wildman–Crippen LogP) is 3.59. The molecular formula is C14H10FN3S. The molecule has 0 aliphatic heterocycles. The molecule has 2 aromatic heterocycles. The van der Waals surface area contributed by atoms with Crippen molar-refractivity contribution < 1.29 is 4.39 Å². The van der Waals surface area contributed by atoms with Crippen LogP contribution in [-0.4, -0.2) is 9.97 Å². The lowest BCUT2D eigenvalue weighted by Crippen LogP contribution is -1.85. The Balaban J connectivity index is 1.95. The van der Waals surface area contributed by atoms with Gasteiger partial charge >= 0.3 is 0 Å². The van der Waals surface area contributed by atoms with Crippen LogP contribution in [0.4, 0.5) is 10.1 Å². The van der Waals surface area contributed by atoms with Gasteiger partial charge in [0.25, 0.3) is 0 Å². The molecule has 0 amide bonds. The van der Waals surface area contributed by atoms with Crippen LogP contribution >= 0.6 is 11.3 Å². The van der Waals surface area contributed by atoms with Crippen LogP contribution in [0.25, 0.3) is 22.0 Å². The first kappa shape index (κ1) is 11.8. The van der Waals surface area contributed by atoms with Gasteiger partial charge in [0.15, 0.2) is 0 Å². The molecule has 0 fully saturated rings. The van der Waals surface area contributed by atoms with Gasteiger partial charge in [0.1, 0.15) is 10.8 Å². The van der Waals surface area contributed by atoms with Gasteiger partial charge in [-0.3, -0.25) is 4.98 Å². The first-order valence-corrected chi connectivity index (χ1v) is 6.54. The number of pyridine rings is 1. The van der Waals surface area contributed by atoms with Crippen molar-refractivity contribution in [3.05, 3.63) is 53.8 Å². The summed E-state index contributed by atoms with van der Waals surface area (Å²) in [5.74, 6) is -0.348. The summed E-state index contributed by atoms with van der Waals surface area (Å²) in [5.41, 5.74) is 8.91. The zero-order chi connectivity index (χ0) is 13.2. The second-order valence-corrected chi connectivity index (χ2v) is 4.88. The predicted molar refractivity (Wildman–Crippen MR) is 75.2 cm³/mol. The molecule has 0 bridgehead atoms. The number of aromatic nitrogens is 2. The number of benzene rings is 1. The van der Waals surface area contributed by atoms with E-state index >= 15 is 0 Å². The molecule has 5 heteroatoms. The molecule has 19 heavy (non-hydrogen) atoms. The van der Waals surface area contributed by atoms with Crippen molar-refractivity contribution in [2.24, 2.45) is 0 Å². The lowest BCUT2D eigenvalue weighted by molar-refractivity contribution is 0.622. The largest absolute Gasteiger partial charge is 0.399 e. The Morgan fingerprint density at radius 3 is 2.47 bits per heavy atom. The minimum absolute atomic E-state index is 0.348. The topological polar surface area (TPSA) is 51.8 Å². The molecule has 3 nitrogen and oxygen atoms in total. The summed E-state index contributed by atoms with van der Waals surface area (Å²) in [7, 11) is 0. The summed E-state index contributed by atoms with van der Waals surface area (Å²) in [6, 6.07) is 10.5. The van der Waals surface area contributed by atoms with Gasteiger partial charge in [-0.05, 0) is 24.3 Å². The highest BCUT2D eigenvalue weighted by Crippen LogP contribution is 2.28. The fourth-order valence-electron chi connectivity index (χ4n) is 1.68. The Kier molecular flexibility index (Phi) is 2.97. The highest BCUT2D eigenvalue weighted by atomic mass is 32.1. The molecule has 0 atom stereocenters. The van der Waals surface area contributed by atoms with Crippen LogP contribution in [0.2, 0.25) is 0 Å². The van der Waals surface area contributed by atoms with Crippen molar-refractivity contribution >= 4 is 17.0 Å². The Morgan fingerprint density at radius 2 is 1.79 bits per heavy atom. The number of hydrogen-bond acceptors (Lipinski definition) is 4. The van der Waals surface area contributed by atoms with Crippen LogP contribution in [0.15, 0.2) is 48.0 Å². The molecule has 2 heterocycles. The highest BCUT2D eigenvalue weighted by molar-refractivity contribution is 7.13. The third-order valence-electron chi connectivity index (χ3n) is 2.66. The molecule has 0 saturated carbocycles. The van der Waals surface area contributed by atoms with Crippen LogP contribution in [0.5, 0.6) is 0 Å². The first-order valence-electron chi connectivity index (χ1n) is 5.66. The van der Waals surface area contributed by atoms with E-state index in [1.54, 1.807) is 6.07 Å². The fraction of sp³-hybridized carbons (Fsp3) is 0. The average Bonchev–Trinajstić information content (AvgIpc) is 2.90. The van der Waals surface area contributed by atoms with Crippen molar-refractivity contribution in [3.63, 3.8) is 0 Å². The van der Waals surface area contributed by atoms with Crippen molar-refractivity contribution in [2.75, 3.05) is 5.73 Å². The SMILES string of the molecule is Nc1ccc(-c2csc(-c3ccc(F)cn3)n2)cc1. The van der Waals surface area contributed by atoms with Gasteiger partial charge in [0.05, 0.1) is 17.6 Å². The van der Waals surface area contributed by atoms with Gasteiger partial charge in [0.2, 0.25) is 0 Å². The summed E-state index contributed by atoms with van der Waals surface area (Å²) in [6.07, 6.45) is 1.19. The maximum atomic E-state index is 12.8. The lowest BCUT2D eigenvalue weighted by atomic mass is 10.1. The minimum Gasteiger partial charge on any atom is -0.399 e. The monoisotopic (exact) mass is 271 g/mol. The van der Waals surface area contributed by atoms with E-state index in [1.807, 2.05) is 29.6 Å². The van der Waals surface area contributed by atoms with Gasteiger partial charge < -0.3 is 5.73 Å². The van der Waals surface area contributed by atoms with Crippen LogP contribution in [-0.2, 0) is 0 Å². The Morgan fingerprint density at radius 1 is 1.00 bits per heavy atom. The second-order valence-electron chi connectivity index (χ2n) is 4.02. The van der Waals surface area contributed by atoms with Gasteiger partial charge in [-0.2, -0.15) is 0 Å². The fourth-order valence-corrected chi connectivity index (χ4v) is 2.48. The van der Waals surface area contributed by atoms with E-state index in [4.69, 9.17) is 5.73 Å². The smallest absolute Gasteiger partial charge is 0.142 e. The van der Waals surface area contributed by atoms with E-state index in [0.717, 1.165) is 22.0 Å². The number of rotatable bonds is 2. The molecule has 0 aliphatic rings. The van der Waals surface area contributed by atoms with Crippen LogP contribution in [0.3, 0.4) is 0 Å². The number of nitrogens with two attached hydrogens (primary N) is 1. The Hall–Kier alpha value is -2.27. The Labute approximate surface area is 113 Å². The van der Waals surface area contributed by atoms with E-state index < -0.39 is 0 Å². The molecule has 0 aliphatic carbocycles. The molecule has 2 N–H and O–H groups in total. The van der Waals surface area contributed by atoms with E-state index in [9.17, 15) is 4.39 Å². The van der Waals surface area contributed by atoms with E-state index in [1.165, 1.54) is 23.6 Å². The number of hydrogen-bond donors (Lipinski definition) is 1. The second kappa shape index (κ2) is 4.78. The zero-order valence-corrected chi connectivity index (χ0v) is 10.7. The van der Waals surface area contributed by atoms with Gasteiger partial charge in [-0.25, -0.2) is 9.37 Å². The van der Waals surface area contributed by atoms with Gasteiger partial charge in [-0.1, -0.05) is 12.1 Å². The normalized spacial score (nSPS) is 10.6. The lowest BCUT2D eigenvalue weighted by Gasteiger charge is -1.97. The first-order chi connectivity index (χ1) is 9.22. The summed E-state index contributed by atoms with van der Waals surface area (Å²) < 4.78 is 12.8. The van der Waals surface area contributed by atoms with Crippen LogP contribution < -0.4 is 5.73 Å². The summed E-state index contributed by atoms with van der Waals surface area (Å²) in [4.78, 5) is 8.53. The molecule has 0 saturated heterocycles.